The van der Waals surface area contributed by atoms with Crippen LogP contribution in [0, 0.1) is 0 Å². The third kappa shape index (κ3) is 3.40. The minimum atomic E-state index is -0.188. The Kier molecular flexibility index (Phi) is 3.37. The Morgan fingerprint density at radius 2 is 1.57 bits per heavy atom. The van der Waals surface area contributed by atoms with E-state index < -0.39 is 0 Å². The SMILES string of the molecule is CC(C)(C)Oc1ccc(Nc2ccc3c(c2)OCO3)cc1. The van der Waals surface area contributed by atoms with Crippen LogP contribution in [0.5, 0.6) is 17.2 Å². The van der Waals surface area contributed by atoms with Crippen LogP contribution in [0.25, 0.3) is 0 Å². The van der Waals surface area contributed by atoms with E-state index in [-0.39, 0.29) is 12.4 Å². The monoisotopic (exact) mass is 285 g/mol. The summed E-state index contributed by atoms with van der Waals surface area (Å²) in [7, 11) is 0. The van der Waals surface area contributed by atoms with E-state index >= 15 is 0 Å². The van der Waals surface area contributed by atoms with Gasteiger partial charge in [0.1, 0.15) is 11.4 Å². The van der Waals surface area contributed by atoms with Crippen molar-refractivity contribution in [3.05, 3.63) is 42.5 Å². The molecule has 0 saturated heterocycles. The van der Waals surface area contributed by atoms with Crippen LogP contribution in [0.2, 0.25) is 0 Å². The zero-order chi connectivity index (χ0) is 14.9. The Morgan fingerprint density at radius 3 is 2.29 bits per heavy atom. The Hall–Kier alpha value is -2.36. The molecule has 0 radical (unpaired) electrons. The molecule has 3 rings (SSSR count). The van der Waals surface area contributed by atoms with Gasteiger partial charge in [-0.2, -0.15) is 0 Å². The van der Waals surface area contributed by atoms with Crippen molar-refractivity contribution in [1.82, 2.24) is 0 Å². The summed E-state index contributed by atoms with van der Waals surface area (Å²) in [5.41, 5.74) is 1.77. The fourth-order valence-electron chi connectivity index (χ4n) is 2.10. The van der Waals surface area contributed by atoms with Gasteiger partial charge in [0.2, 0.25) is 6.79 Å². The number of ether oxygens (including phenoxy) is 3. The quantitative estimate of drug-likeness (QED) is 0.910. The first kappa shape index (κ1) is 13.6. The molecule has 2 aromatic rings. The van der Waals surface area contributed by atoms with Gasteiger partial charge in [-0.3, -0.25) is 0 Å². The number of anilines is 2. The van der Waals surface area contributed by atoms with Crippen LogP contribution < -0.4 is 19.5 Å². The lowest BCUT2D eigenvalue weighted by atomic mass is 10.2. The van der Waals surface area contributed by atoms with E-state index in [9.17, 15) is 0 Å². The van der Waals surface area contributed by atoms with Gasteiger partial charge < -0.3 is 19.5 Å². The van der Waals surface area contributed by atoms with Crippen LogP contribution in [0.4, 0.5) is 11.4 Å². The lowest BCUT2D eigenvalue weighted by molar-refractivity contribution is 0.131. The maximum atomic E-state index is 5.80. The van der Waals surface area contributed by atoms with Crippen molar-refractivity contribution in [2.45, 2.75) is 26.4 Å². The number of nitrogens with one attached hydrogen (secondary N) is 1. The van der Waals surface area contributed by atoms with Gasteiger partial charge in [-0.15, -0.1) is 0 Å². The predicted molar refractivity (Wildman–Crippen MR) is 82.7 cm³/mol. The second kappa shape index (κ2) is 5.20. The molecule has 0 bridgehead atoms. The minimum Gasteiger partial charge on any atom is -0.488 e. The van der Waals surface area contributed by atoms with E-state index in [1.165, 1.54) is 0 Å². The Balaban J connectivity index is 1.70. The standard InChI is InChI=1S/C17H19NO3/c1-17(2,3)21-14-7-4-12(5-8-14)18-13-6-9-15-16(10-13)20-11-19-15/h4-10,18H,11H2,1-3H3. The second-order valence-corrected chi connectivity index (χ2v) is 5.93. The summed E-state index contributed by atoms with van der Waals surface area (Å²) in [5, 5.41) is 3.33. The second-order valence-electron chi connectivity index (χ2n) is 5.93. The first-order valence-electron chi connectivity index (χ1n) is 6.95. The van der Waals surface area contributed by atoms with E-state index in [0.29, 0.717) is 0 Å². The largest absolute Gasteiger partial charge is 0.488 e. The van der Waals surface area contributed by atoms with Gasteiger partial charge in [0.05, 0.1) is 0 Å². The van der Waals surface area contributed by atoms with Crippen molar-refractivity contribution >= 4 is 11.4 Å². The van der Waals surface area contributed by atoms with E-state index in [4.69, 9.17) is 14.2 Å². The average molecular weight is 285 g/mol. The van der Waals surface area contributed by atoms with Crippen molar-refractivity contribution < 1.29 is 14.2 Å². The molecule has 0 aromatic heterocycles. The maximum Gasteiger partial charge on any atom is 0.231 e. The molecule has 1 heterocycles. The van der Waals surface area contributed by atoms with Gasteiger partial charge >= 0.3 is 0 Å². The molecule has 0 aliphatic carbocycles. The molecule has 1 N–H and O–H groups in total. The lowest BCUT2D eigenvalue weighted by Crippen LogP contribution is -2.22. The zero-order valence-electron chi connectivity index (χ0n) is 12.5. The first-order chi connectivity index (χ1) is 9.99. The van der Waals surface area contributed by atoms with Crippen molar-refractivity contribution in [3.8, 4) is 17.2 Å². The number of benzene rings is 2. The Bertz CT molecular complexity index is 629. The summed E-state index contributed by atoms with van der Waals surface area (Å²) in [5.74, 6) is 2.42. The summed E-state index contributed by atoms with van der Waals surface area (Å²) < 4.78 is 16.5. The fourth-order valence-corrected chi connectivity index (χ4v) is 2.10. The van der Waals surface area contributed by atoms with Crippen molar-refractivity contribution in [1.29, 1.82) is 0 Å². The van der Waals surface area contributed by atoms with E-state index in [1.54, 1.807) is 0 Å². The molecule has 0 saturated carbocycles. The maximum absolute atomic E-state index is 5.80. The summed E-state index contributed by atoms with van der Waals surface area (Å²) in [6.07, 6.45) is 0. The van der Waals surface area contributed by atoms with E-state index in [0.717, 1.165) is 28.6 Å². The molecule has 4 nitrogen and oxygen atoms in total. The lowest BCUT2D eigenvalue weighted by Gasteiger charge is -2.21. The van der Waals surface area contributed by atoms with Crippen molar-refractivity contribution in [2.24, 2.45) is 0 Å². The molecule has 0 unspecified atom stereocenters. The molecule has 0 spiro atoms. The number of fused-ring (bicyclic) bond motifs is 1. The van der Waals surface area contributed by atoms with Crippen LogP contribution in [0.15, 0.2) is 42.5 Å². The minimum absolute atomic E-state index is 0.188. The molecular formula is C17H19NO3. The number of hydrogen-bond acceptors (Lipinski definition) is 4. The van der Waals surface area contributed by atoms with Crippen molar-refractivity contribution in [2.75, 3.05) is 12.1 Å². The number of rotatable bonds is 3. The van der Waals surface area contributed by atoms with Gasteiger partial charge in [-0.1, -0.05) is 0 Å². The van der Waals surface area contributed by atoms with Gasteiger partial charge in [0.15, 0.2) is 11.5 Å². The van der Waals surface area contributed by atoms with E-state index in [1.807, 2.05) is 63.2 Å². The van der Waals surface area contributed by atoms with Crippen LogP contribution >= 0.6 is 0 Å². The highest BCUT2D eigenvalue weighted by atomic mass is 16.7. The fraction of sp³-hybridized carbons (Fsp3) is 0.294. The van der Waals surface area contributed by atoms with Gasteiger partial charge in [-0.05, 0) is 57.2 Å². The van der Waals surface area contributed by atoms with Crippen molar-refractivity contribution in [3.63, 3.8) is 0 Å². The number of hydrogen-bond donors (Lipinski definition) is 1. The molecule has 2 aromatic carbocycles. The highest BCUT2D eigenvalue weighted by Crippen LogP contribution is 2.35. The molecule has 4 heteroatoms. The van der Waals surface area contributed by atoms with Crippen LogP contribution in [0.3, 0.4) is 0 Å². The molecule has 1 aliphatic rings. The molecule has 0 atom stereocenters. The molecule has 110 valence electrons. The summed E-state index contributed by atoms with van der Waals surface area (Å²) in [4.78, 5) is 0. The molecular weight excluding hydrogens is 266 g/mol. The van der Waals surface area contributed by atoms with Gasteiger partial charge in [0, 0.05) is 17.4 Å². The van der Waals surface area contributed by atoms with Crippen LogP contribution in [-0.2, 0) is 0 Å². The predicted octanol–water partition coefficient (Wildman–Crippen LogP) is 4.34. The zero-order valence-corrected chi connectivity index (χ0v) is 12.5. The normalized spacial score (nSPS) is 13.1. The molecule has 0 amide bonds. The topological polar surface area (TPSA) is 39.7 Å². The summed E-state index contributed by atoms with van der Waals surface area (Å²) >= 11 is 0. The van der Waals surface area contributed by atoms with Crippen LogP contribution in [-0.4, -0.2) is 12.4 Å². The summed E-state index contributed by atoms with van der Waals surface area (Å²) in [6.45, 7) is 6.39. The summed E-state index contributed by atoms with van der Waals surface area (Å²) in [6, 6.07) is 13.7. The van der Waals surface area contributed by atoms with Gasteiger partial charge in [-0.25, -0.2) is 0 Å². The molecule has 0 fully saturated rings. The molecule has 21 heavy (non-hydrogen) atoms. The van der Waals surface area contributed by atoms with E-state index in [2.05, 4.69) is 5.32 Å². The Labute approximate surface area is 124 Å². The smallest absolute Gasteiger partial charge is 0.231 e. The highest BCUT2D eigenvalue weighted by Gasteiger charge is 2.13. The third-order valence-corrected chi connectivity index (χ3v) is 2.94. The molecule has 1 aliphatic heterocycles. The highest BCUT2D eigenvalue weighted by molar-refractivity contribution is 5.64. The average Bonchev–Trinajstić information content (AvgIpc) is 2.87. The van der Waals surface area contributed by atoms with Gasteiger partial charge in [0.25, 0.3) is 0 Å². The van der Waals surface area contributed by atoms with Crippen LogP contribution in [0.1, 0.15) is 20.8 Å². The first-order valence-corrected chi connectivity index (χ1v) is 6.95. The third-order valence-electron chi connectivity index (χ3n) is 2.94. The Morgan fingerprint density at radius 1 is 0.905 bits per heavy atom.